The van der Waals surface area contributed by atoms with Crippen molar-refractivity contribution in [2.45, 2.75) is 26.2 Å². The summed E-state index contributed by atoms with van der Waals surface area (Å²) in [6.45, 7) is 5.46. The monoisotopic (exact) mass is 126 g/mol. The molecular formula is C8H14O. The Kier molecular flexibility index (Phi) is 4.98. The van der Waals surface area contributed by atoms with E-state index in [4.69, 9.17) is 5.11 Å². The fraction of sp³-hybridized carbons (Fsp3) is 0.500. The van der Waals surface area contributed by atoms with Gasteiger partial charge in [-0.25, -0.2) is 0 Å². The standard InChI is InChI=1S/C8H14O/c1-3-4-5-6-7-8(2)9/h6-7,9H,2-5H2,1H3/b7-6-. The van der Waals surface area contributed by atoms with Crippen LogP contribution in [0.1, 0.15) is 26.2 Å². The number of aliphatic hydroxyl groups is 1. The van der Waals surface area contributed by atoms with Gasteiger partial charge in [0.2, 0.25) is 0 Å². The maximum atomic E-state index is 8.57. The number of hydrogen-bond acceptors (Lipinski definition) is 1. The molecule has 0 aliphatic heterocycles. The van der Waals surface area contributed by atoms with Crippen LogP contribution in [0, 0.1) is 0 Å². The van der Waals surface area contributed by atoms with Crippen molar-refractivity contribution >= 4 is 0 Å². The number of aliphatic hydroxyl groups excluding tert-OH is 1. The fourth-order valence-electron chi connectivity index (χ4n) is 0.541. The Labute approximate surface area is 56.7 Å². The molecule has 0 aliphatic rings. The molecule has 1 nitrogen and oxygen atoms in total. The van der Waals surface area contributed by atoms with Crippen molar-refractivity contribution in [3.63, 3.8) is 0 Å². The third-order valence-electron chi connectivity index (χ3n) is 1.03. The van der Waals surface area contributed by atoms with Crippen LogP contribution in [0.15, 0.2) is 24.5 Å². The Morgan fingerprint density at radius 1 is 1.67 bits per heavy atom. The van der Waals surface area contributed by atoms with Crippen LogP contribution < -0.4 is 0 Å². The Morgan fingerprint density at radius 3 is 2.78 bits per heavy atom. The molecule has 52 valence electrons. The lowest BCUT2D eigenvalue weighted by molar-refractivity contribution is 0.435. The van der Waals surface area contributed by atoms with E-state index in [-0.39, 0.29) is 5.76 Å². The first-order valence-electron chi connectivity index (χ1n) is 3.31. The van der Waals surface area contributed by atoms with E-state index >= 15 is 0 Å². The van der Waals surface area contributed by atoms with E-state index in [1.54, 1.807) is 6.08 Å². The molecule has 0 heterocycles. The van der Waals surface area contributed by atoms with Crippen molar-refractivity contribution in [1.82, 2.24) is 0 Å². The highest BCUT2D eigenvalue weighted by atomic mass is 16.3. The van der Waals surface area contributed by atoms with E-state index in [2.05, 4.69) is 13.5 Å². The second kappa shape index (κ2) is 5.42. The molecule has 0 aliphatic carbocycles. The first-order chi connectivity index (χ1) is 4.27. The van der Waals surface area contributed by atoms with Gasteiger partial charge in [0.1, 0.15) is 5.76 Å². The third-order valence-corrected chi connectivity index (χ3v) is 1.03. The lowest BCUT2D eigenvalue weighted by Crippen LogP contribution is -1.69. The van der Waals surface area contributed by atoms with Gasteiger partial charge >= 0.3 is 0 Å². The minimum atomic E-state index is 0.145. The molecule has 0 bridgehead atoms. The number of rotatable bonds is 4. The number of hydrogen-bond donors (Lipinski definition) is 1. The van der Waals surface area contributed by atoms with Gasteiger partial charge in [-0.2, -0.15) is 0 Å². The summed E-state index contributed by atoms with van der Waals surface area (Å²) in [6.07, 6.45) is 6.99. The van der Waals surface area contributed by atoms with Gasteiger partial charge in [0, 0.05) is 0 Å². The molecule has 9 heavy (non-hydrogen) atoms. The first kappa shape index (κ1) is 8.28. The molecule has 1 heteroatoms. The highest BCUT2D eigenvalue weighted by molar-refractivity contribution is 5.04. The first-order valence-corrected chi connectivity index (χ1v) is 3.31. The average Bonchev–Trinajstić information content (AvgIpc) is 1.80. The molecule has 0 rings (SSSR count). The molecule has 0 spiro atoms. The summed E-state index contributed by atoms with van der Waals surface area (Å²) in [5.74, 6) is 0.145. The molecule has 0 aromatic heterocycles. The maximum absolute atomic E-state index is 8.57. The topological polar surface area (TPSA) is 20.2 Å². The van der Waals surface area contributed by atoms with Crippen LogP contribution in [0.4, 0.5) is 0 Å². The summed E-state index contributed by atoms with van der Waals surface area (Å²) in [5, 5.41) is 8.57. The van der Waals surface area contributed by atoms with Gasteiger partial charge in [-0.3, -0.25) is 0 Å². The Hall–Kier alpha value is -0.720. The van der Waals surface area contributed by atoms with Gasteiger partial charge in [-0.15, -0.1) is 0 Å². The predicted octanol–water partition coefficient (Wildman–Crippen LogP) is 2.80. The minimum absolute atomic E-state index is 0.145. The minimum Gasteiger partial charge on any atom is -0.509 e. The molecule has 0 amide bonds. The number of unbranched alkanes of at least 4 members (excludes halogenated alkanes) is 2. The van der Waals surface area contributed by atoms with E-state index in [1.807, 2.05) is 6.08 Å². The largest absolute Gasteiger partial charge is 0.509 e. The zero-order chi connectivity index (χ0) is 7.11. The van der Waals surface area contributed by atoms with Gasteiger partial charge in [0.05, 0.1) is 0 Å². The molecule has 0 fully saturated rings. The molecular weight excluding hydrogens is 112 g/mol. The van der Waals surface area contributed by atoms with Crippen molar-refractivity contribution in [3.8, 4) is 0 Å². The van der Waals surface area contributed by atoms with Crippen molar-refractivity contribution < 1.29 is 5.11 Å². The van der Waals surface area contributed by atoms with Gasteiger partial charge in [0.25, 0.3) is 0 Å². The second-order valence-corrected chi connectivity index (χ2v) is 2.04. The van der Waals surface area contributed by atoms with Crippen molar-refractivity contribution in [2.24, 2.45) is 0 Å². The molecule has 0 aromatic carbocycles. The summed E-state index contributed by atoms with van der Waals surface area (Å²) >= 11 is 0. The van der Waals surface area contributed by atoms with Crippen molar-refractivity contribution in [2.75, 3.05) is 0 Å². The Balaban J connectivity index is 3.15. The van der Waals surface area contributed by atoms with Crippen LogP contribution in [-0.4, -0.2) is 5.11 Å². The average molecular weight is 126 g/mol. The van der Waals surface area contributed by atoms with E-state index in [0.717, 1.165) is 6.42 Å². The summed E-state index contributed by atoms with van der Waals surface area (Å²) in [7, 11) is 0. The zero-order valence-electron chi connectivity index (χ0n) is 5.93. The van der Waals surface area contributed by atoms with E-state index in [0.29, 0.717) is 0 Å². The smallest absolute Gasteiger partial charge is 0.108 e. The highest BCUT2D eigenvalue weighted by Crippen LogP contribution is 1.96. The summed E-state index contributed by atoms with van der Waals surface area (Å²) in [6, 6.07) is 0. The summed E-state index contributed by atoms with van der Waals surface area (Å²) in [4.78, 5) is 0. The van der Waals surface area contributed by atoms with Gasteiger partial charge in [-0.05, 0) is 12.5 Å². The lowest BCUT2D eigenvalue weighted by Gasteiger charge is -1.87. The van der Waals surface area contributed by atoms with Crippen LogP contribution >= 0.6 is 0 Å². The van der Waals surface area contributed by atoms with E-state index < -0.39 is 0 Å². The third kappa shape index (κ3) is 7.28. The van der Waals surface area contributed by atoms with Crippen LogP contribution in [-0.2, 0) is 0 Å². The summed E-state index contributed by atoms with van der Waals surface area (Å²) < 4.78 is 0. The molecule has 0 atom stereocenters. The van der Waals surface area contributed by atoms with Crippen molar-refractivity contribution in [1.29, 1.82) is 0 Å². The zero-order valence-corrected chi connectivity index (χ0v) is 5.93. The van der Waals surface area contributed by atoms with Crippen LogP contribution in [0.25, 0.3) is 0 Å². The number of allylic oxidation sites excluding steroid dienone is 2. The van der Waals surface area contributed by atoms with Crippen LogP contribution in [0.3, 0.4) is 0 Å². The molecule has 0 radical (unpaired) electrons. The SMILES string of the molecule is C=C(O)/C=C\CCCC. The molecule has 0 saturated carbocycles. The van der Waals surface area contributed by atoms with Gasteiger partial charge < -0.3 is 5.11 Å². The maximum Gasteiger partial charge on any atom is 0.108 e. The molecule has 0 saturated heterocycles. The van der Waals surface area contributed by atoms with Crippen molar-refractivity contribution in [3.05, 3.63) is 24.5 Å². The van der Waals surface area contributed by atoms with Crippen LogP contribution in [0.2, 0.25) is 0 Å². The molecule has 1 N–H and O–H groups in total. The normalized spacial score (nSPS) is 10.3. The van der Waals surface area contributed by atoms with Crippen LogP contribution in [0.5, 0.6) is 0 Å². The second-order valence-electron chi connectivity index (χ2n) is 2.04. The Bertz CT molecular complexity index is 103. The highest BCUT2D eigenvalue weighted by Gasteiger charge is 1.78. The van der Waals surface area contributed by atoms with Gasteiger partial charge in [0.15, 0.2) is 0 Å². The molecule has 0 aromatic rings. The lowest BCUT2D eigenvalue weighted by atomic mass is 10.2. The van der Waals surface area contributed by atoms with Gasteiger partial charge in [-0.1, -0.05) is 32.4 Å². The Morgan fingerprint density at radius 2 is 2.33 bits per heavy atom. The predicted molar refractivity (Wildman–Crippen MR) is 40.4 cm³/mol. The van der Waals surface area contributed by atoms with E-state index in [9.17, 15) is 0 Å². The van der Waals surface area contributed by atoms with E-state index in [1.165, 1.54) is 12.8 Å². The fourth-order valence-corrected chi connectivity index (χ4v) is 0.541. The quantitative estimate of drug-likeness (QED) is 0.349. The summed E-state index contributed by atoms with van der Waals surface area (Å²) in [5.41, 5.74) is 0. The molecule has 0 unspecified atom stereocenters.